The number of sulfonamides is 1. The number of piperidine rings is 1. The number of likely N-dealkylation sites (tertiary alicyclic amines) is 1. The SMILES string of the molecule is CCN(CC)S(=O)(=O)c1ccc(/C=C/C(=O)OCC(=O)N2CCC[C@H](C)C2)cc1. The van der Waals surface area contributed by atoms with Crippen LogP contribution < -0.4 is 0 Å². The zero-order chi connectivity index (χ0) is 21.4. The molecule has 7 nitrogen and oxygen atoms in total. The molecule has 0 aromatic heterocycles. The van der Waals surface area contributed by atoms with E-state index in [1.807, 2.05) is 0 Å². The highest BCUT2D eigenvalue weighted by Gasteiger charge is 2.22. The molecule has 1 atom stereocenters. The molecule has 1 aromatic carbocycles. The van der Waals surface area contributed by atoms with Gasteiger partial charge in [0.2, 0.25) is 10.0 Å². The van der Waals surface area contributed by atoms with Gasteiger partial charge >= 0.3 is 5.97 Å². The van der Waals surface area contributed by atoms with Crippen LogP contribution >= 0.6 is 0 Å². The van der Waals surface area contributed by atoms with E-state index in [1.165, 1.54) is 28.6 Å². The van der Waals surface area contributed by atoms with Crippen LogP contribution in [0.1, 0.15) is 39.2 Å². The lowest BCUT2D eigenvalue weighted by Crippen LogP contribution is -2.41. The maximum atomic E-state index is 12.5. The third-order valence-electron chi connectivity index (χ3n) is 4.98. The summed E-state index contributed by atoms with van der Waals surface area (Å²) in [5.74, 6) is -0.315. The molecule has 1 aromatic rings. The standard InChI is InChI=1S/C21H30N2O5S/c1-4-23(5-2)29(26,27)19-11-8-18(9-12-19)10-13-21(25)28-16-20(24)22-14-6-7-17(3)15-22/h8-13,17H,4-7,14-16H2,1-3H3/b13-10+/t17-/m0/s1. The molecule has 2 rings (SSSR count). The Morgan fingerprint density at radius 1 is 1.21 bits per heavy atom. The van der Waals surface area contributed by atoms with Gasteiger partial charge in [-0.25, -0.2) is 13.2 Å². The number of carbonyl (C=O) groups is 2. The average Bonchev–Trinajstić information content (AvgIpc) is 2.71. The van der Waals surface area contributed by atoms with E-state index in [4.69, 9.17) is 4.74 Å². The fourth-order valence-electron chi connectivity index (χ4n) is 3.32. The third-order valence-corrected chi connectivity index (χ3v) is 7.05. The van der Waals surface area contributed by atoms with Gasteiger partial charge in [-0.15, -0.1) is 0 Å². The highest BCUT2D eigenvalue weighted by Crippen LogP contribution is 2.17. The Hall–Kier alpha value is -2.19. The van der Waals surface area contributed by atoms with Crippen molar-refractivity contribution in [3.63, 3.8) is 0 Å². The molecule has 1 aliphatic heterocycles. The summed E-state index contributed by atoms with van der Waals surface area (Å²) in [5.41, 5.74) is 0.664. The molecule has 160 valence electrons. The molecule has 29 heavy (non-hydrogen) atoms. The summed E-state index contributed by atoms with van der Waals surface area (Å²) in [6.07, 6.45) is 4.85. The second-order valence-electron chi connectivity index (χ2n) is 7.19. The quantitative estimate of drug-likeness (QED) is 0.475. The van der Waals surface area contributed by atoms with Gasteiger partial charge in [-0.05, 0) is 42.5 Å². The van der Waals surface area contributed by atoms with Crippen LogP contribution in [0.4, 0.5) is 0 Å². The highest BCUT2D eigenvalue weighted by molar-refractivity contribution is 7.89. The van der Waals surface area contributed by atoms with Crippen LogP contribution in [0.15, 0.2) is 35.2 Å². The number of benzene rings is 1. The Balaban J connectivity index is 1.89. The molecule has 0 radical (unpaired) electrons. The van der Waals surface area contributed by atoms with Crippen molar-refractivity contribution in [3.05, 3.63) is 35.9 Å². The fourth-order valence-corrected chi connectivity index (χ4v) is 4.77. The van der Waals surface area contributed by atoms with E-state index >= 15 is 0 Å². The molecule has 1 aliphatic rings. The molecule has 1 amide bonds. The molecule has 0 unspecified atom stereocenters. The van der Waals surface area contributed by atoms with E-state index in [2.05, 4.69) is 6.92 Å². The predicted molar refractivity (Wildman–Crippen MR) is 112 cm³/mol. The molecule has 0 spiro atoms. The number of amides is 1. The topological polar surface area (TPSA) is 84.0 Å². The Morgan fingerprint density at radius 3 is 2.45 bits per heavy atom. The number of nitrogens with zero attached hydrogens (tertiary/aromatic N) is 2. The van der Waals surface area contributed by atoms with Crippen LogP contribution in [-0.2, 0) is 24.3 Å². The number of ether oxygens (including phenoxy) is 1. The van der Waals surface area contributed by atoms with Crippen molar-refractivity contribution in [2.45, 2.75) is 38.5 Å². The Kier molecular flexibility index (Phi) is 8.40. The summed E-state index contributed by atoms with van der Waals surface area (Å²) in [6, 6.07) is 6.28. The van der Waals surface area contributed by atoms with E-state index in [-0.39, 0.29) is 17.4 Å². The summed E-state index contributed by atoms with van der Waals surface area (Å²) in [5, 5.41) is 0. The molecule has 0 saturated carbocycles. The van der Waals surface area contributed by atoms with Gasteiger partial charge in [-0.2, -0.15) is 4.31 Å². The molecule has 0 aliphatic carbocycles. The molecule has 1 heterocycles. The minimum Gasteiger partial charge on any atom is -0.452 e. The van der Waals surface area contributed by atoms with Gasteiger partial charge < -0.3 is 9.64 Å². The molecule has 1 fully saturated rings. The second kappa shape index (κ2) is 10.5. The molecular formula is C21H30N2O5S. The first-order chi connectivity index (χ1) is 13.8. The first-order valence-electron chi connectivity index (χ1n) is 10.0. The van der Waals surface area contributed by atoms with Gasteiger partial charge in [-0.3, -0.25) is 4.79 Å². The van der Waals surface area contributed by atoms with E-state index in [1.54, 1.807) is 30.9 Å². The van der Waals surface area contributed by atoms with Crippen LogP contribution in [-0.4, -0.2) is 62.3 Å². The van der Waals surface area contributed by atoms with Gasteiger partial charge in [0.15, 0.2) is 6.61 Å². The summed E-state index contributed by atoms with van der Waals surface area (Å²) >= 11 is 0. The van der Waals surface area contributed by atoms with Crippen molar-refractivity contribution in [1.29, 1.82) is 0 Å². The normalized spacial score (nSPS) is 17.7. The van der Waals surface area contributed by atoms with Crippen molar-refractivity contribution in [2.75, 3.05) is 32.8 Å². The minimum atomic E-state index is -3.51. The van der Waals surface area contributed by atoms with Crippen molar-refractivity contribution >= 4 is 28.0 Å². The van der Waals surface area contributed by atoms with Crippen molar-refractivity contribution < 1.29 is 22.7 Å². The predicted octanol–water partition coefficient (Wildman–Crippen LogP) is 2.53. The molecule has 0 N–H and O–H groups in total. The highest BCUT2D eigenvalue weighted by atomic mass is 32.2. The van der Waals surface area contributed by atoms with Crippen LogP contribution in [0.2, 0.25) is 0 Å². The molecule has 8 heteroatoms. The Labute approximate surface area is 173 Å². The minimum absolute atomic E-state index is 0.177. The van der Waals surface area contributed by atoms with Gasteiger partial charge in [0.1, 0.15) is 0 Å². The van der Waals surface area contributed by atoms with Crippen LogP contribution in [0.3, 0.4) is 0 Å². The Bertz CT molecular complexity index is 829. The zero-order valence-corrected chi connectivity index (χ0v) is 18.2. The molecule has 1 saturated heterocycles. The molecule has 0 bridgehead atoms. The number of esters is 1. The van der Waals surface area contributed by atoms with E-state index < -0.39 is 16.0 Å². The first-order valence-corrected chi connectivity index (χ1v) is 11.4. The zero-order valence-electron chi connectivity index (χ0n) is 17.3. The lowest BCUT2D eigenvalue weighted by Gasteiger charge is -2.30. The number of hydrogen-bond acceptors (Lipinski definition) is 5. The van der Waals surface area contributed by atoms with E-state index in [0.29, 0.717) is 37.7 Å². The van der Waals surface area contributed by atoms with Crippen LogP contribution in [0.25, 0.3) is 6.08 Å². The first kappa shape index (κ1) is 23.1. The lowest BCUT2D eigenvalue weighted by molar-refractivity contribution is -0.149. The van der Waals surface area contributed by atoms with Gasteiger partial charge in [0.25, 0.3) is 5.91 Å². The Morgan fingerprint density at radius 2 is 1.86 bits per heavy atom. The van der Waals surface area contributed by atoms with E-state index in [0.717, 1.165) is 12.8 Å². The number of rotatable bonds is 8. The van der Waals surface area contributed by atoms with Crippen molar-refractivity contribution in [3.8, 4) is 0 Å². The smallest absolute Gasteiger partial charge is 0.331 e. The van der Waals surface area contributed by atoms with Gasteiger partial charge in [0.05, 0.1) is 4.90 Å². The average molecular weight is 423 g/mol. The van der Waals surface area contributed by atoms with E-state index in [9.17, 15) is 18.0 Å². The maximum Gasteiger partial charge on any atom is 0.331 e. The largest absolute Gasteiger partial charge is 0.452 e. The lowest BCUT2D eigenvalue weighted by atomic mass is 10.0. The second-order valence-corrected chi connectivity index (χ2v) is 9.12. The monoisotopic (exact) mass is 422 g/mol. The van der Waals surface area contributed by atoms with Crippen LogP contribution in [0.5, 0.6) is 0 Å². The van der Waals surface area contributed by atoms with Crippen molar-refractivity contribution in [1.82, 2.24) is 9.21 Å². The number of hydrogen-bond donors (Lipinski definition) is 0. The summed E-state index contributed by atoms with van der Waals surface area (Å²) in [6.45, 7) is 7.64. The van der Waals surface area contributed by atoms with Crippen LogP contribution in [0, 0.1) is 5.92 Å². The third kappa shape index (κ3) is 6.40. The van der Waals surface area contributed by atoms with Gasteiger partial charge in [-0.1, -0.05) is 32.9 Å². The van der Waals surface area contributed by atoms with Gasteiger partial charge in [0, 0.05) is 32.3 Å². The fraction of sp³-hybridized carbons (Fsp3) is 0.524. The maximum absolute atomic E-state index is 12.5. The summed E-state index contributed by atoms with van der Waals surface area (Å²) < 4.78 is 31.4. The summed E-state index contributed by atoms with van der Waals surface area (Å²) in [4.78, 5) is 25.9. The number of carbonyl (C=O) groups excluding carboxylic acids is 2. The van der Waals surface area contributed by atoms with Crippen molar-refractivity contribution in [2.24, 2.45) is 5.92 Å². The summed E-state index contributed by atoms with van der Waals surface area (Å²) in [7, 11) is -3.51. The molecular weight excluding hydrogens is 392 g/mol.